The van der Waals surface area contributed by atoms with Crippen LogP contribution in [0.3, 0.4) is 0 Å². The van der Waals surface area contributed by atoms with Gasteiger partial charge in [-0.1, -0.05) is 29.8 Å². The predicted octanol–water partition coefficient (Wildman–Crippen LogP) is 2.64. The molecule has 0 bridgehead atoms. The summed E-state index contributed by atoms with van der Waals surface area (Å²) >= 11 is 0. The lowest BCUT2D eigenvalue weighted by Crippen LogP contribution is -2.38. The molecule has 29 heavy (non-hydrogen) atoms. The highest BCUT2D eigenvalue weighted by Gasteiger charge is 2.30. The van der Waals surface area contributed by atoms with E-state index in [1.807, 2.05) is 57.2 Å². The minimum absolute atomic E-state index is 0.245. The average molecular weight is 396 g/mol. The van der Waals surface area contributed by atoms with Gasteiger partial charge in [-0.05, 0) is 73.9 Å². The fourth-order valence-electron chi connectivity index (χ4n) is 2.99. The molecule has 3 rings (SSSR count). The van der Waals surface area contributed by atoms with Crippen LogP contribution in [-0.4, -0.2) is 36.5 Å². The summed E-state index contributed by atoms with van der Waals surface area (Å²) in [4.78, 5) is 24.0. The highest BCUT2D eigenvalue weighted by molar-refractivity contribution is 5.77. The monoisotopic (exact) mass is 396 g/mol. The summed E-state index contributed by atoms with van der Waals surface area (Å²) in [5.41, 5.74) is 2.48. The lowest BCUT2D eigenvalue weighted by atomic mass is 10.0. The SMILES string of the molecule is Cc1ccc(-n2nnn(Cc3cc(C)c(OC(C)(C)C(=O)O)c(C)c3)c2=O)cc1. The number of rotatable bonds is 6. The molecular weight excluding hydrogens is 372 g/mol. The lowest BCUT2D eigenvalue weighted by Gasteiger charge is -2.24. The van der Waals surface area contributed by atoms with E-state index in [0.717, 1.165) is 22.3 Å². The van der Waals surface area contributed by atoms with Crippen molar-refractivity contribution in [1.29, 1.82) is 0 Å². The Labute approximate surface area is 168 Å². The van der Waals surface area contributed by atoms with Gasteiger partial charge in [0, 0.05) is 0 Å². The molecule has 0 unspecified atom stereocenters. The van der Waals surface area contributed by atoms with Crippen LogP contribution < -0.4 is 10.4 Å². The summed E-state index contributed by atoms with van der Waals surface area (Å²) in [5.74, 6) is -0.517. The average Bonchev–Trinajstić information content (AvgIpc) is 2.99. The molecule has 0 radical (unpaired) electrons. The molecular formula is C21H24N4O4. The summed E-state index contributed by atoms with van der Waals surface area (Å²) in [6.45, 7) is 8.91. The number of aryl methyl sites for hydroxylation is 3. The Balaban J connectivity index is 1.87. The van der Waals surface area contributed by atoms with Crippen LogP contribution in [-0.2, 0) is 11.3 Å². The number of aliphatic carboxylic acids is 1. The van der Waals surface area contributed by atoms with Crippen LogP contribution in [0.4, 0.5) is 0 Å². The van der Waals surface area contributed by atoms with Gasteiger partial charge in [-0.2, -0.15) is 9.36 Å². The number of aromatic nitrogens is 4. The lowest BCUT2D eigenvalue weighted by molar-refractivity contribution is -0.152. The fourth-order valence-corrected chi connectivity index (χ4v) is 2.99. The molecule has 3 aromatic rings. The second-order valence-electron chi connectivity index (χ2n) is 7.64. The van der Waals surface area contributed by atoms with Gasteiger partial charge in [0.25, 0.3) is 0 Å². The first kappa shape index (κ1) is 20.3. The van der Waals surface area contributed by atoms with Crippen LogP contribution in [0.25, 0.3) is 5.69 Å². The van der Waals surface area contributed by atoms with Crippen molar-refractivity contribution in [3.63, 3.8) is 0 Å². The van der Waals surface area contributed by atoms with Crippen LogP contribution in [0.5, 0.6) is 5.75 Å². The zero-order valence-electron chi connectivity index (χ0n) is 17.1. The van der Waals surface area contributed by atoms with E-state index in [4.69, 9.17) is 4.74 Å². The van der Waals surface area contributed by atoms with E-state index in [-0.39, 0.29) is 12.2 Å². The fraction of sp³-hybridized carbons (Fsp3) is 0.333. The third-order valence-electron chi connectivity index (χ3n) is 4.64. The Morgan fingerprint density at radius 1 is 1.07 bits per heavy atom. The molecule has 0 aliphatic carbocycles. The highest BCUT2D eigenvalue weighted by Crippen LogP contribution is 2.29. The van der Waals surface area contributed by atoms with Crippen LogP contribution >= 0.6 is 0 Å². The molecule has 152 valence electrons. The van der Waals surface area contributed by atoms with E-state index in [9.17, 15) is 14.7 Å². The molecule has 2 aromatic carbocycles. The molecule has 8 heteroatoms. The molecule has 0 fully saturated rings. The maximum absolute atomic E-state index is 12.7. The van der Waals surface area contributed by atoms with E-state index < -0.39 is 11.6 Å². The van der Waals surface area contributed by atoms with Crippen molar-refractivity contribution in [3.05, 3.63) is 69.1 Å². The van der Waals surface area contributed by atoms with Crippen LogP contribution in [0.15, 0.2) is 41.2 Å². The first-order valence-electron chi connectivity index (χ1n) is 9.21. The number of carboxylic acids is 1. The van der Waals surface area contributed by atoms with Crippen LogP contribution in [0.2, 0.25) is 0 Å². The highest BCUT2D eigenvalue weighted by atomic mass is 16.5. The minimum atomic E-state index is -1.34. The zero-order valence-corrected chi connectivity index (χ0v) is 17.1. The second kappa shape index (κ2) is 7.54. The molecule has 0 spiro atoms. The molecule has 0 aliphatic heterocycles. The van der Waals surface area contributed by atoms with Gasteiger partial charge < -0.3 is 9.84 Å². The molecule has 1 heterocycles. The van der Waals surface area contributed by atoms with Gasteiger partial charge in [0.2, 0.25) is 0 Å². The van der Waals surface area contributed by atoms with Gasteiger partial charge in [0.15, 0.2) is 5.60 Å². The van der Waals surface area contributed by atoms with Crippen molar-refractivity contribution in [1.82, 2.24) is 19.8 Å². The van der Waals surface area contributed by atoms with E-state index in [0.29, 0.717) is 11.4 Å². The molecule has 8 nitrogen and oxygen atoms in total. The topological polar surface area (TPSA) is 99.2 Å². The number of benzene rings is 2. The van der Waals surface area contributed by atoms with E-state index in [1.165, 1.54) is 23.2 Å². The van der Waals surface area contributed by atoms with Crippen molar-refractivity contribution in [2.45, 2.75) is 46.8 Å². The molecule has 0 saturated heterocycles. The van der Waals surface area contributed by atoms with Gasteiger partial charge in [-0.25, -0.2) is 9.59 Å². The maximum atomic E-state index is 12.7. The Hall–Kier alpha value is -3.42. The summed E-state index contributed by atoms with van der Waals surface area (Å²) in [7, 11) is 0. The van der Waals surface area contributed by atoms with Crippen molar-refractivity contribution in [2.75, 3.05) is 0 Å². The Bertz CT molecular complexity index is 1090. The summed E-state index contributed by atoms with van der Waals surface area (Å²) < 4.78 is 8.27. The van der Waals surface area contributed by atoms with Crippen LogP contribution in [0.1, 0.15) is 36.1 Å². The first-order valence-corrected chi connectivity index (χ1v) is 9.21. The molecule has 0 saturated carbocycles. The van der Waals surface area contributed by atoms with Gasteiger partial charge >= 0.3 is 11.7 Å². The quantitative estimate of drug-likeness (QED) is 0.688. The van der Waals surface area contributed by atoms with Gasteiger partial charge in [-0.3, -0.25) is 0 Å². The maximum Gasteiger partial charge on any atom is 0.368 e. The number of carbonyl (C=O) groups is 1. The number of carboxylic acid groups (broad SMARTS) is 1. The van der Waals surface area contributed by atoms with Crippen molar-refractivity contribution < 1.29 is 14.6 Å². The summed E-state index contributed by atoms with van der Waals surface area (Å²) in [6.07, 6.45) is 0. The number of tetrazole rings is 1. The third-order valence-corrected chi connectivity index (χ3v) is 4.64. The largest absolute Gasteiger partial charge is 0.478 e. The van der Waals surface area contributed by atoms with E-state index >= 15 is 0 Å². The van der Waals surface area contributed by atoms with Crippen molar-refractivity contribution >= 4 is 5.97 Å². The third kappa shape index (κ3) is 4.21. The first-order chi connectivity index (χ1) is 13.6. The predicted molar refractivity (Wildman–Crippen MR) is 108 cm³/mol. The number of nitrogens with zero attached hydrogens (tertiary/aromatic N) is 4. The van der Waals surface area contributed by atoms with Crippen molar-refractivity contribution in [2.24, 2.45) is 0 Å². The van der Waals surface area contributed by atoms with E-state index in [2.05, 4.69) is 10.4 Å². The Kier molecular flexibility index (Phi) is 5.28. The summed E-state index contributed by atoms with van der Waals surface area (Å²) in [6, 6.07) is 11.2. The normalized spacial score (nSPS) is 11.5. The number of hydrogen-bond acceptors (Lipinski definition) is 5. The smallest absolute Gasteiger partial charge is 0.368 e. The summed E-state index contributed by atoms with van der Waals surface area (Å²) in [5, 5.41) is 17.2. The number of hydrogen-bond donors (Lipinski definition) is 1. The van der Waals surface area contributed by atoms with Gasteiger partial charge in [0.1, 0.15) is 5.75 Å². The van der Waals surface area contributed by atoms with E-state index in [1.54, 1.807) is 0 Å². The van der Waals surface area contributed by atoms with Gasteiger partial charge in [0.05, 0.1) is 12.2 Å². The zero-order chi connectivity index (χ0) is 21.3. The standard InChI is InChI=1S/C21H24N4O4/c1-13-6-8-17(9-7-13)25-20(28)24(22-23-25)12-16-10-14(2)18(15(3)11-16)29-21(4,5)19(26)27/h6-11H,12H2,1-5H3,(H,26,27). The molecule has 0 amide bonds. The molecule has 1 N–H and O–H groups in total. The minimum Gasteiger partial charge on any atom is -0.478 e. The van der Waals surface area contributed by atoms with Gasteiger partial charge in [-0.15, -0.1) is 0 Å². The van der Waals surface area contributed by atoms with Crippen molar-refractivity contribution in [3.8, 4) is 11.4 Å². The molecule has 1 aromatic heterocycles. The Morgan fingerprint density at radius 3 is 2.21 bits per heavy atom. The van der Waals surface area contributed by atoms with Crippen LogP contribution in [0, 0.1) is 20.8 Å². The molecule has 0 atom stereocenters. The molecule has 0 aliphatic rings. The number of ether oxygens (including phenoxy) is 1. The second-order valence-corrected chi connectivity index (χ2v) is 7.64. The Morgan fingerprint density at radius 2 is 1.66 bits per heavy atom.